The van der Waals surface area contributed by atoms with Gasteiger partial charge in [-0.2, -0.15) is 0 Å². The van der Waals surface area contributed by atoms with Gasteiger partial charge in [0.05, 0.1) is 12.1 Å². The molecular formula is C17H16F2N2O3. The number of aliphatic hydroxyl groups excluding tert-OH is 1. The molecule has 24 heavy (non-hydrogen) atoms. The Kier molecular flexibility index (Phi) is 5.59. The minimum Gasteiger partial charge on any atom is -0.386 e. The van der Waals surface area contributed by atoms with E-state index in [1.165, 1.54) is 49.4 Å². The van der Waals surface area contributed by atoms with Gasteiger partial charge < -0.3 is 15.7 Å². The van der Waals surface area contributed by atoms with E-state index in [-0.39, 0.29) is 5.69 Å². The van der Waals surface area contributed by atoms with Gasteiger partial charge in [-0.25, -0.2) is 8.78 Å². The zero-order valence-corrected chi connectivity index (χ0v) is 12.8. The zero-order chi connectivity index (χ0) is 17.7. The van der Waals surface area contributed by atoms with Crippen LogP contribution in [0.3, 0.4) is 0 Å². The van der Waals surface area contributed by atoms with E-state index in [4.69, 9.17) is 0 Å². The van der Waals surface area contributed by atoms with E-state index < -0.39 is 35.6 Å². The molecule has 0 saturated carbocycles. The van der Waals surface area contributed by atoms with Gasteiger partial charge in [0.15, 0.2) is 0 Å². The Morgan fingerprint density at radius 1 is 1.00 bits per heavy atom. The molecule has 0 radical (unpaired) electrons. The molecule has 5 nitrogen and oxygen atoms in total. The summed E-state index contributed by atoms with van der Waals surface area (Å²) in [5.74, 6) is -2.96. The molecule has 0 fully saturated rings. The molecule has 2 aromatic rings. The summed E-state index contributed by atoms with van der Waals surface area (Å²) in [5, 5.41) is 14.7. The second kappa shape index (κ2) is 7.65. The number of benzene rings is 2. The molecule has 2 aromatic carbocycles. The number of rotatable bonds is 4. The number of aliphatic hydroxyl groups is 1. The van der Waals surface area contributed by atoms with Gasteiger partial charge in [0.2, 0.25) is 0 Å². The lowest BCUT2D eigenvalue weighted by Crippen LogP contribution is -2.43. The molecule has 0 heterocycles. The lowest BCUT2D eigenvalue weighted by Gasteiger charge is -2.20. The molecule has 2 amide bonds. The van der Waals surface area contributed by atoms with E-state index in [0.717, 1.165) is 6.07 Å². The molecule has 0 aliphatic rings. The number of amides is 2. The number of anilines is 1. The van der Waals surface area contributed by atoms with E-state index in [0.29, 0.717) is 5.56 Å². The van der Waals surface area contributed by atoms with E-state index in [1.54, 1.807) is 0 Å². The molecule has 0 aromatic heterocycles. The first-order chi connectivity index (χ1) is 11.4. The molecule has 7 heteroatoms. The van der Waals surface area contributed by atoms with Gasteiger partial charge in [0.25, 0.3) is 0 Å². The Morgan fingerprint density at radius 3 is 2.29 bits per heavy atom. The van der Waals surface area contributed by atoms with Crippen LogP contribution in [0.4, 0.5) is 14.5 Å². The van der Waals surface area contributed by atoms with Gasteiger partial charge >= 0.3 is 11.8 Å². The minimum atomic E-state index is -1.11. The van der Waals surface area contributed by atoms with E-state index >= 15 is 0 Å². The third kappa shape index (κ3) is 4.60. The first kappa shape index (κ1) is 17.6. The summed E-state index contributed by atoms with van der Waals surface area (Å²) in [5.41, 5.74) is 0.539. The molecule has 0 spiro atoms. The van der Waals surface area contributed by atoms with Crippen molar-refractivity contribution in [2.24, 2.45) is 0 Å². The lowest BCUT2D eigenvalue weighted by molar-refractivity contribution is -0.137. The normalized spacial score (nSPS) is 13.0. The van der Waals surface area contributed by atoms with Gasteiger partial charge in [0, 0.05) is 5.69 Å². The minimum absolute atomic E-state index is 0.141. The van der Waals surface area contributed by atoms with Crippen LogP contribution >= 0.6 is 0 Å². The summed E-state index contributed by atoms with van der Waals surface area (Å²) >= 11 is 0. The summed E-state index contributed by atoms with van der Waals surface area (Å²) < 4.78 is 25.9. The molecule has 0 bridgehead atoms. The topological polar surface area (TPSA) is 78.4 Å². The maximum atomic E-state index is 13.0. The number of hydrogen-bond donors (Lipinski definition) is 3. The number of carbonyl (C=O) groups excluding carboxylic acids is 2. The maximum Gasteiger partial charge on any atom is 0.313 e. The first-order valence-corrected chi connectivity index (χ1v) is 7.18. The summed E-state index contributed by atoms with van der Waals surface area (Å²) in [6.07, 6.45) is -1.11. The van der Waals surface area contributed by atoms with Crippen LogP contribution < -0.4 is 10.6 Å². The molecule has 126 valence electrons. The number of hydrogen-bond acceptors (Lipinski definition) is 3. The molecule has 0 aliphatic carbocycles. The maximum absolute atomic E-state index is 13.0. The van der Waals surface area contributed by atoms with Crippen molar-refractivity contribution in [3.05, 3.63) is 65.7 Å². The van der Waals surface area contributed by atoms with Crippen molar-refractivity contribution >= 4 is 17.5 Å². The van der Waals surface area contributed by atoms with Crippen molar-refractivity contribution in [3.63, 3.8) is 0 Å². The highest BCUT2D eigenvalue weighted by Gasteiger charge is 2.22. The quantitative estimate of drug-likeness (QED) is 0.750. The summed E-state index contributed by atoms with van der Waals surface area (Å²) in [4.78, 5) is 23.6. The van der Waals surface area contributed by atoms with Crippen LogP contribution in [-0.2, 0) is 9.59 Å². The van der Waals surface area contributed by atoms with Crippen molar-refractivity contribution in [2.45, 2.75) is 19.1 Å². The SMILES string of the molecule is CC(NC(=O)C(=O)Nc1cccc(F)c1)C(O)c1ccc(F)cc1. The monoisotopic (exact) mass is 334 g/mol. The Hall–Kier alpha value is -2.80. The third-order valence-electron chi connectivity index (χ3n) is 3.33. The fraction of sp³-hybridized carbons (Fsp3) is 0.176. The molecule has 3 N–H and O–H groups in total. The first-order valence-electron chi connectivity index (χ1n) is 7.18. The van der Waals surface area contributed by atoms with E-state index in [2.05, 4.69) is 10.6 Å². The van der Waals surface area contributed by atoms with Crippen LogP contribution in [0.25, 0.3) is 0 Å². The second-order valence-corrected chi connectivity index (χ2v) is 5.22. The summed E-state index contributed by atoms with van der Waals surface area (Å²) in [6, 6.07) is 9.45. The van der Waals surface area contributed by atoms with Crippen molar-refractivity contribution in [1.29, 1.82) is 0 Å². The van der Waals surface area contributed by atoms with Crippen molar-refractivity contribution in [1.82, 2.24) is 5.32 Å². The highest BCUT2D eigenvalue weighted by atomic mass is 19.1. The standard InChI is InChI=1S/C17H16F2N2O3/c1-10(15(22)11-5-7-12(18)8-6-11)20-16(23)17(24)21-14-4-2-3-13(19)9-14/h2-10,15,22H,1H3,(H,20,23)(H,21,24). The molecule has 2 unspecified atom stereocenters. The van der Waals surface area contributed by atoms with Crippen LogP contribution in [0, 0.1) is 11.6 Å². The molecule has 0 aliphatic heterocycles. The lowest BCUT2D eigenvalue weighted by atomic mass is 10.0. The van der Waals surface area contributed by atoms with Crippen LogP contribution in [0.5, 0.6) is 0 Å². The summed E-state index contributed by atoms with van der Waals surface area (Å²) in [6.45, 7) is 1.50. The number of carbonyl (C=O) groups is 2. The zero-order valence-electron chi connectivity index (χ0n) is 12.8. The van der Waals surface area contributed by atoms with Crippen LogP contribution in [0.15, 0.2) is 48.5 Å². The van der Waals surface area contributed by atoms with Crippen LogP contribution in [-0.4, -0.2) is 23.0 Å². The largest absolute Gasteiger partial charge is 0.386 e. The van der Waals surface area contributed by atoms with Crippen LogP contribution in [0.2, 0.25) is 0 Å². The Balaban J connectivity index is 1.95. The van der Waals surface area contributed by atoms with E-state index in [9.17, 15) is 23.5 Å². The number of halogens is 2. The Morgan fingerprint density at radius 2 is 1.67 bits per heavy atom. The number of nitrogens with one attached hydrogen (secondary N) is 2. The molecule has 0 saturated heterocycles. The predicted octanol–water partition coefficient (Wildman–Crippen LogP) is 2.14. The predicted molar refractivity (Wildman–Crippen MR) is 84.0 cm³/mol. The molecule has 2 atom stereocenters. The highest BCUT2D eigenvalue weighted by Crippen LogP contribution is 2.17. The van der Waals surface area contributed by atoms with Crippen molar-refractivity contribution in [2.75, 3.05) is 5.32 Å². The Labute approximate surface area is 137 Å². The van der Waals surface area contributed by atoms with Gasteiger partial charge in [-0.1, -0.05) is 18.2 Å². The average molecular weight is 334 g/mol. The molecule has 2 rings (SSSR count). The highest BCUT2D eigenvalue weighted by molar-refractivity contribution is 6.39. The van der Waals surface area contributed by atoms with Crippen LogP contribution in [0.1, 0.15) is 18.6 Å². The molecular weight excluding hydrogens is 318 g/mol. The van der Waals surface area contributed by atoms with Gasteiger partial charge in [-0.05, 0) is 42.8 Å². The third-order valence-corrected chi connectivity index (χ3v) is 3.33. The van der Waals surface area contributed by atoms with Crippen molar-refractivity contribution < 1.29 is 23.5 Å². The fourth-order valence-electron chi connectivity index (χ4n) is 2.05. The van der Waals surface area contributed by atoms with Gasteiger partial charge in [0.1, 0.15) is 11.6 Å². The average Bonchev–Trinajstić information content (AvgIpc) is 2.54. The summed E-state index contributed by atoms with van der Waals surface area (Å²) in [7, 11) is 0. The fourth-order valence-corrected chi connectivity index (χ4v) is 2.05. The smallest absolute Gasteiger partial charge is 0.313 e. The van der Waals surface area contributed by atoms with Gasteiger partial charge in [-0.3, -0.25) is 9.59 Å². The Bertz CT molecular complexity index is 735. The van der Waals surface area contributed by atoms with Crippen molar-refractivity contribution in [3.8, 4) is 0 Å². The van der Waals surface area contributed by atoms with Gasteiger partial charge in [-0.15, -0.1) is 0 Å². The second-order valence-electron chi connectivity index (χ2n) is 5.22. The van der Waals surface area contributed by atoms with E-state index in [1.807, 2.05) is 0 Å².